The lowest BCUT2D eigenvalue weighted by Crippen LogP contribution is -2.43. The molecule has 2 rings (SSSR count). The van der Waals surface area contributed by atoms with E-state index in [1.165, 1.54) is 25.7 Å². The normalized spacial score (nSPS) is 25.5. The van der Waals surface area contributed by atoms with E-state index < -0.39 is 10.0 Å². The summed E-state index contributed by atoms with van der Waals surface area (Å²) in [4.78, 5) is 0. The van der Waals surface area contributed by atoms with E-state index in [1.807, 2.05) is 0 Å². The van der Waals surface area contributed by atoms with Crippen LogP contribution in [0.15, 0.2) is 0 Å². The molecule has 5 heteroatoms. The Morgan fingerprint density at radius 1 is 1.06 bits per heavy atom. The monoisotopic (exact) mass is 261 g/mol. The van der Waals surface area contributed by atoms with Crippen molar-refractivity contribution in [3.63, 3.8) is 0 Å². The van der Waals surface area contributed by atoms with Crippen LogP contribution in [0.1, 0.15) is 44.9 Å². The SMILES string of the molecule is O=S(=O)(CCCO)N1CCC2(CCCC2)CC1. The molecule has 2 aliphatic rings. The van der Waals surface area contributed by atoms with Gasteiger partial charge < -0.3 is 5.11 Å². The van der Waals surface area contributed by atoms with Crippen molar-refractivity contribution in [3.8, 4) is 0 Å². The maximum atomic E-state index is 12.0. The molecule has 0 unspecified atom stereocenters. The largest absolute Gasteiger partial charge is 0.396 e. The van der Waals surface area contributed by atoms with E-state index >= 15 is 0 Å². The summed E-state index contributed by atoms with van der Waals surface area (Å²) in [5, 5.41) is 8.71. The Morgan fingerprint density at radius 2 is 1.65 bits per heavy atom. The Labute approximate surface area is 104 Å². The quantitative estimate of drug-likeness (QED) is 0.831. The summed E-state index contributed by atoms with van der Waals surface area (Å²) in [5.74, 6) is 0.0938. The second-order valence-electron chi connectivity index (χ2n) is 5.50. The van der Waals surface area contributed by atoms with Crippen LogP contribution in [0, 0.1) is 5.41 Å². The highest BCUT2D eigenvalue weighted by Gasteiger charge is 2.39. The van der Waals surface area contributed by atoms with Crippen molar-refractivity contribution in [2.45, 2.75) is 44.9 Å². The molecule has 1 N–H and O–H groups in total. The van der Waals surface area contributed by atoms with E-state index in [-0.39, 0.29) is 12.4 Å². The number of rotatable bonds is 4. The molecule has 1 aliphatic heterocycles. The fourth-order valence-electron chi connectivity index (χ4n) is 3.24. The molecule has 0 aromatic rings. The average molecular weight is 261 g/mol. The number of aliphatic hydroxyl groups excluding tert-OH is 1. The maximum Gasteiger partial charge on any atom is 0.214 e. The zero-order valence-electron chi connectivity index (χ0n) is 10.4. The van der Waals surface area contributed by atoms with Gasteiger partial charge in [0.25, 0.3) is 0 Å². The molecule has 0 amide bonds. The standard InChI is InChI=1S/C12H23NO3S/c14-10-3-11-17(15,16)13-8-6-12(7-9-13)4-1-2-5-12/h14H,1-11H2. The van der Waals surface area contributed by atoms with Crippen molar-refractivity contribution in [1.29, 1.82) is 0 Å². The van der Waals surface area contributed by atoms with Crippen LogP contribution < -0.4 is 0 Å². The predicted molar refractivity (Wildman–Crippen MR) is 67.2 cm³/mol. The van der Waals surface area contributed by atoms with Gasteiger partial charge in [0.15, 0.2) is 0 Å². The van der Waals surface area contributed by atoms with Gasteiger partial charge in [-0.25, -0.2) is 12.7 Å². The lowest BCUT2D eigenvalue weighted by Gasteiger charge is -2.38. The fourth-order valence-corrected chi connectivity index (χ4v) is 4.73. The summed E-state index contributed by atoms with van der Waals surface area (Å²) in [6.45, 7) is 1.33. The zero-order chi connectivity index (χ0) is 12.4. The number of piperidine rings is 1. The van der Waals surface area contributed by atoms with Gasteiger partial charge in [0.1, 0.15) is 0 Å². The van der Waals surface area contributed by atoms with Crippen LogP contribution in [0.5, 0.6) is 0 Å². The first-order valence-corrected chi connectivity index (χ1v) is 8.28. The van der Waals surface area contributed by atoms with Gasteiger partial charge in [-0.2, -0.15) is 0 Å². The lowest BCUT2D eigenvalue weighted by atomic mass is 9.78. The Bertz CT molecular complexity index is 337. The van der Waals surface area contributed by atoms with Gasteiger partial charge in [0.2, 0.25) is 10.0 Å². The minimum absolute atomic E-state index is 0.0446. The third-order valence-electron chi connectivity index (χ3n) is 4.40. The van der Waals surface area contributed by atoms with Crippen molar-refractivity contribution >= 4 is 10.0 Å². The zero-order valence-corrected chi connectivity index (χ0v) is 11.2. The fraction of sp³-hybridized carbons (Fsp3) is 1.00. The first-order chi connectivity index (χ1) is 8.08. The van der Waals surface area contributed by atoms with Crippen LogP contribution in [0.2, 0.25) is 0 Å². The first-order valence-electron chi connectivity index (χ1n) is 6.67. The molecule has 100 valence electrons. The van der Waals surface area contributed by atoms with E-state index in [2.05, 4.69) is 0 Å². The highest BCUT2D eigenvalue weighted by molar-refractivity contribution is 7.89. The molecule has 1 spiro atoms. The second kappa shape index (κ2) is 5.24. The molecule has 1 heterocycles. The lowest BCUT2D eigenvalue weighted by molar-refractivity contribution is 0.160. The average Bonchev–Trinajstić information content (AvgIpc) is 2.76. The van der Waals surface area contributed by atoms with E-state index in [0.29, 0.717) is 24.9 Å². The molecule has 1 saturated heterocycles. The van der Waals surface area contributed by atoms with E-state index in [9.17, 15) is 8.42 Å². The van der Waals surface area contributed by atoms with E-state index in [4.69, 9.17) is 5.11 Å². The molecule has 0 bridgehead atoms. The van der Waals surface area contributed by atoms with E-state index in [1.54, 1.807) is 4.31 Å². The molecular formula is C12H23NO3S. The number of hydrogen-bond donors (Lipinski definition) is 1. The molecule has 17 heavy (non-hydrogen) atoms. The summed E-state index contributed by atoms with van der Waals surface area (Å²) in [6, 6.07) is 0. The minimum Gasteiger partial charge on any atom is -0.396 e. The summed E-state index contributed by atoms with van der Waals surface area (Å²) >= 11 is 0. The van der Waals surface area contributed by atoms with E-state index in [0.717, 1.165) is 12.8 Å². The van der Waals surface area contributed by atoms with Crippen molar-refractivity contribution < 1.29 is 13.5 Å². The molecule has 1 aliphatic carbocycles. The molecule has 0 radical (unpaired) electrons. The van der Waals surface area contributed by atoms with Crippen molar-refractivity contribution in [2.75, 3.05) is 25.4 Å². The molecular weight excluding hydrogens is 238 g/mol. The highest BCUT2D eigenvalue weighted by Crippen LogP contribution is 2.46. The van der Waals surface area contributed by atoms with Crippen LogP contribution in [0.25, 0.3) is 0 Å². The second-order valence-corrected chi connectivity index (χ2v) is 7.59. The Hall–Kier alpha value is -0.130. The Balaban J connectivity index is 1.90. The summed E-state index contributed by atoms with van der Waals surface area (Å²) in [5.41, 5.74) is 0.461. The molecule has 0 aromatic carbocycles. The van der Waals surface area contributed by atoms with Gasteiger partial charge in [-0.1, -0.05) is 12.8 Å². The van der Waals surface area contributed by atoms with Gasteiger partial charge in [0.05, 0.1) is 5.75 Å². The number of aliphatic hydroxyl groups is 1. The smallest absolute Gasteiger partial charge is 0.214 e. The van der Waals surface area contributed by atoms with Crippen LogP contribution in [0.3, 0.4) is 0 Å². The summed E-state index contributed by atoms with van der Waals surface area (Å²) < 4.78 is 25.6. The van der Waals surface area contributed by atoms with Crippen LogP contribution in [-0.2, 0) is 10.0 Å². The van der Waals surface area contributed by atoms with Gasteiger partial charge in [-0.3, -0.25) is 0 Å². The van der Waals surface area contributed by atoms with Crippen molar-refractivity contribution in [2.24, 2.45) is 5.41 Å². The van der Waals surface area contributed by atoms with Crippen molar-refractivity contribution in [1.82, 2.24) is 4.31 Å². The predicted octanol–water partition coefficient (Wildman–Crippen LogP) is 1.35. The topological polar surface area (TPSA) is 57.6 Å². The molecule has 1 saturated carbocycles. The minimum atomic E-state index is -3.12. The van der Waals surface area contributed by atoms with Gasteiger partial charge in [0, 0.05) is 19.7 Å². The summed E-state index contributed by atoms with van der Waals surface area (Å²) in [7, 11) is -3.12. The number of hydrogen-bond acceptors (Lipinski definition) is 3. The van der Waals surface area contributed by atoms with Gasteiger partial charge >= 0.3 is 0 Å². The summed E-state index contributed by atoms with van der Waals surface area (Å²) in [6.07, 6.45) is 7.63. The highest BCUT2D eigenvalue weighted by atomic mass is 32.2. The molecule has 0 aromatic heterocycles. The van der Waals surface area contributed by atoms with Gasteiger partial charge in [-0.15, -0.1) is 0 Å². The molecule has 0 atom stereocenters. The number of nitrogens with zero attached hydrogens (tertiary/aromatic N) is 1. The van der Waals surface area contributed by atoms with Crippen LogP contribution in [-0.4, -0.2) is 43.3 Å². The van der Waals surface area contributed by atoms with Crippen LogP contribution in [0.4, 0.5) is 0 Å². The third-order valence-corrected chi connectivity index (χ3v) is 6.36. The first kappa shape index (κ1) is 13.3. The van der Waals surface area contributed by atoms with Gasteiger partial charge in [-0.05, 0) is 37.5 Å². The molecule has 4 nitrogen and oxygen atoms in total. The number of sulfonamides is 1. The third kappa shape index (κ3) is 3.01. The maximum absolute atomic E-state index is 12.0. The Kier molecular flexibility index (Phi) is 4.10. The van der Waals surface area contributed by atoms with Crippen LogP contribution >= 0.6 is 0 Å². The molecule has 2 fully saturated rings. The van der Waals surface area contributed by atoms with Crippen molar-refractivity contribution in [3.05, 3.63) is 0 Å². The Morgan fingerprint density at radius 3 is 2.18 bits per heavy atom.